The second-order valence-corrected chi connectivity index (χ2v) is 8.06. The van der Waals surface area contributed by atoms with E-state index in [9.17, 15) is 30.0 Å². The molecular weight excluding hydrogens is 424 g/mol. The summed E-state index contributed by atoms with van der Waals surface area (Å²) in [4.78, 5) is 23.6. The maximum atomic E-state index is 12.0. The molecule has 1 aliphatic carbocycles. The molecule has 4 aliphatic rings. The molecule has 0 saturated carbocycles. The molecule has 0 unspecified atom stereocenters. The number of hydrogen-bond donors (Lipinski definition) is 4. The monoisotopic (exact) mass is 446 g/mol. The van der Waals surface area contributed by atoms with Crippen molar-refractivity contribution < 1.29 is 53.7 Å². The van der Waals surface area contributed by atoms with Gasteiger partial charge >= 0.3 is 11.3 Å². The van der Waals surface area contributed by atoms with Crippen LogP contribution in [0.2, 0.25) is 0 Å². The van der Waals surface area contributed by atoms with Gasteiger partial charge in [0.05, 0.1) is 24.4 Å². The fourth-order valence-corrected chi connectivity index (χ4v) is 4.31. The van der Waals surface area contributed by atoms with Crippen LogP contribution >= 0.6 is 11.8 Å². The quantitative estimate of drug-likeness (QED) is 0.290. The fraction of sp³-hybridized carbons (Fsp3) is 0.667. The average Bonchev–Trinajstić information content (AvgIpc) is 3.26. The second kappa shape index (κ2) is 8.46. The average molecular weight is 446 g/mol. The van der Waals surface area contributed by atoms with Crippen molar-refractivity contribution in [2.75, 3.05) is 19.5 Å². The maximum absolute atomic E-state index is 12.0. The highest BCUT2D eigenvalue weighted by Gasteiger charge is 2.56. The number of aliphatic hydroxyl groups excluding tert-OH is 4. The van der Waals surface area contributed by atoms with Crippen LogP contribution in [-0.2, 0) is 28.5 Å². The zero-order valence-corrected chi connectivity index (χ0v) is 16.6. The summed E-state index contributed by atoms with van der Waals surface area (Å²) in [6.45, 7) is -0.674. The Morgan fingerprint density at radius 3 is 2.63 bits per heavy atom. The number of hydrogen-bond acceptors (Lipinski definition) is 12. The molecule has 3 aliphatic heterocycles. The molecule has 4 rings (SSSR count). The van der Waals surface area contributed by atoms with E-state index < -0.39 is 72.8 Å². The summed E-state index contributed by atoms with van der Waals surface area (Å²) in [5.41, 5.74) is 0.932. The summed E-state index contributed by atoms with van der Waals surface area (Å²) in [5.74, 6) is -1.52. The minimum absolute atomic E-state index is 0.0694. The first-order chi connectivity index (χ1) is 14.3. The Bertz CT molecular complexity index is 765. The van der Waals surface area contributed by atoms with E-state index in [4.69, 9.17) is 23.7 Å². The Hall–Kier alpha value is -1.67. The third-order valence-electron chi connectivity index (χ3n) is 5.65. The Morgan fingerprint density at radius 2 is 1.93 bits per heavy atom. The first-order valence-electron chi connectivity index (χ1n) is 9.29. The number of thioether (sulfide) groups is 1. The van der Waals surface area contributed by atoms with Crippen molar-refractivity contribution in [3.63, 3.8) is 0 Å². The highest BCUT2D eigenvalue weighted by Crippen LogP contribution is 2.49. The molecule has 0 spiro atoms. The standard InChI is InChI=1S/C18H22O11S/c1-30-18(24)26-4-6-2-8-11-7(15(23)27-8)5-25-16(10(6)11)29-17-14(22)13(21)12(20)9(3-19)28-17/h2,5,8-14,16-17,19-22H,3-4H2,1H3/t8-,9-,10+,11-,12-,13+,14-,16-,17+/m1/s1. The van der Waals surface area contributed by atoms with Crippen molar-refractivity contribution in [2.24, 2.45) is 11.8 Å². The summed E-state index contributed by atoms with van der Waals surface area (Å²) in [5, 5.41) is 39.0. The van der Waals surface area contributed by atoms with Crippen molar-refractivity contribution in [3.8, 4) is 0 Å². The number of ether oxygens (including phenoxy) is 5. The molecule has 9 atom stereocenters. The normalized spacial score (nSPS) is 42.0. The molecule has 0 aromatic heterocycles. The van der Waals surface area contributed by atoms with Crippen LogP contribution in [0.25, 0.3) is 0 Å². The number of esters is 1. The van der Waals surface area contributed by atoms with E-state index in [0.717, 1.165) is 11.8 Å². The Balaban J connectivity index is 1.54. The Morgan fingerprint density at radius 1 is 1.17 bits per heavy atom. The van der Waals surface area contributed by atoms with Crippen LogP contribution in [0, 0.1) is 11.8 Å². The zero-order chi connectivity index (χ0) is 21.6. The van der Waals surface area contributed by atoms with Gasteiger partial charge < -0.3 is 44.1 Å². The molecule has 30 heavy (non-hydrogen) atoms. The van der Waals surface area contributed by atoms with E-state index in [2.05, 4.69) is 0 Å². The smallest absolute Gasteiger partial charge is 0.367 e. The van der Waals surface area contributed by atoms with Gasteiger partial charge in [0.2, 0.25) is 6.29 Å². The van der Waals surface area contributed by atoms with Gasteiger partial charge in [0.1, 0.15) is 37.1 Å². The van der Waals surface area contributed by atoms with E-state index in [1.165, 1.54) is 6.26 Å². The highest BCUT2D eigenvalue weighted by atomic mass is 32.2. The van der Waals surface area contributed by atoms with Crippen LogP contribution in [-0.4, -0.2) is 94.3 Å². The van der Waals surface area contributed by atoms with E-state index in [1.807, 2.05) is 0 Å². The third kappa shape index (κ3) is 3.62. The summed E-state index contributed by atoms with van der Waals surface area (Å²) in [7, 11) is 0. The summed E-state index contributed by atoms with van der Waals surface area (Å²) in [6, 6.07) is 0. The van der Waals surface area contributed by atoms with Gasteiger partial charge in [0, 0.05) is 5.92 Å². The molecule has 0 bridgehead atoms. The second-order valence-electron chi connectivity index (χ2n) is 7.32. The van der Waals surface area contributed by atoms with Crippen LogP contribution in [0.4, 0.5) is 4.79 Å². The van der Waals surface area contributed by atoms with Gasteiger partial charge in [-0.05, 0) is 29.7 Å². The third-order valence-corrected chi connectivity index (χ3v) is 6.10. The highest BCUT2D eigenvalue weighted by molar-refractivity contribution is 8.12. The van der Waals surface area contributed by atoms with Crippen molar-refractivity contribution >= 4 is 23.0 Å². The molecule has 11 nitrogen and oxygen atoms in total. The molecule has 0 amide bonds. The van der Waals surface area contributed by atoms with Gasteiger partial charge in [-0.1, -0.05) is 0 Å². The van der Waals surface area contributed by atoms with Crippen molar-refractivity contribution in [1.29, 1.82) is 0 Å². The predicted molar refractivity (Wildman–Crippen MR) is 97.6 cm³/mol. The number of aliphatic hydroxyl groups is 4. The SMILES string of the molecule is CSC(=O)OCC1=C[C@H]2OC(=O)C3=CO[C@H](O[C@@H]4O[C@H](CO)[C@@H](O)[C@H](O)[C@H]4O)[C@@H]1[C@H]32. The van der Waals surface area contributed by atoms with E-state index in [-0.39, 0.29) is 6.61 Å². The van der Waals surface area contributed by atoms with Gasteiger partial charge in [-0.3, -0.25) is 0 Å². The molecule has 2 fully saturated rings. The summed E-state index contributed by atoms with van der Waals surface area (Å²) in [6.07, 6.45) is -4.47. The zero-order valence-electron chi connectivity index (χ0n) is 15.8. The molecule has 2 saturated heterocycles. The number of rotatable bonds is 5. The Labute approximate surface area is 175 Å². The number of carbonyl (C=O) groups is 2. The van der Waals surface area contributed by atoms with Crippen LogP contribution in [0.3, 0.4) is 0 Å². The largest absolute Gasteiger partial charge is 0.471 e. The van der Waals surface area contributed by atoms with Crippen molar-refractivity contribution in [2.45, 2.75) is 43.1 Å². The van der Waals surface area contributed by atoms with Crippen LogP contribution < -0.4 is 0 Å². The van der Waals surface area contributed by atoms with Crippen molar-refractivity contribution in [3.05, 3.63) is 23.5 Å². The lowest BCUT2D eigenvalue weighted by Crippen LogP contribution is -2.60. The molecule has 0 aromatic carbocycles. The fourth-order valence-electron chi connectivity index (χ4n) is 4.14. The van der Waals surface area contributed by atoms with Gasteiger partial charge in [-0.15, -0.1) is 0 Å². The molecule has 0 aromatic rings. The minimum atomic E-state index is -1.61. The van der Waals surface area contributed by atoms with Crippen LogP contribution in [0.5, 0.6) is 0 Å². The van der Waals surface area contributed by atoms with Crippen molar-refractivity contribution in [1.82, 2.24) is 0 Å². The Kier molecular flexibility index (Phi) is 6.08. The number of carbonyl (C=O) groups excluding carboxylic acids is 2. The van der Waals surface area contributed by atoms with E-state index >= 15 is 0 Å². The maximum Gasteiger partial charge on any atom is 0.367 e. The lowest BCUT2D eigenvalue weighted by atomic mass is 9.84. The molecular formula is C18H22O11S. The van der Waals surface area contributed by atoms with Gasteiger partial charge in [0.15, 0.2) is 6.29 Å². The molecule has 3 heterocycles. The van der Waals surface area contributed by atoms with Crippen LogP contribution in [0.1, 0.15) is 0 Å². The first-order valence-corrected chi connectivity index (χ1v) is 10.5. The first kappa shape index (κ1) is 21.6. The van der Waals surface area contributed by atoms with Gasteiger partial charge in [0.25, 0.3) is 0 Å². The lowest BCUT2D eigenvalue weighted by Gasteiger charge is -2.42. The summed E-state index contributed by atoms with van der Waals surface area (Å²) >= 11 is 0.910. The summed E-state index contributed by atoms with van der Waals surface area (Å²) < 4.78 is 27.2. The van der Waals surface area contributed by atoms with Gasteiger partial charge in [-0.25, -0.2) is 9.59 Å². The van der Waals surface area contributed by atoms with E-state index in [1.54, 1.807) is 12.3 Å². The lowest BCUT2D eigenvalue weighted by molar-refractivity contribution is -0.339. The molecule has 0 radical (unpaired) electrons. The van der Waals surface area contributed by atoms with Gasteiger partial charge in [-0.2, -0.15) is 0 Å². The molecule has 12 heteroatoms. The predicted octanol–water partition coefficient (Wildman–Crippen LogP) is -1.36. The molecule has 166 valence electrons. The minimum Gasteiger partial charge on any atom is -0.471 e. The topological polar surface area (TPSA) is 161 Å². The van der Waals surface area contributed by atoms with Crippen LogP contribution in [0.15, 0.2) is 23.5 Å². The van der Waals surface area contributed by atoms with E-state index in [0.29, 0.717) is 11.1 Å². The molecule has 4 N–H and O–H groups in total.